The molecule has 0 amide bonds. The predicted molar refractivity (Wildman–Crippen MR) is 38.2 cm³/mol. The van der Waals surface area contributed by atoms with E-state index in [4.69, 9.17) is 30.6 Å². The summed E-state index contributed by atoms with van der Waals surface area (Å²) in [5.74, 6) is 0. The van der Waals surface area contributed by atoms with Crippen LogP contribution in [0.5, 0.6) is 0 Å². The van der Waals surface area contributed by atoms with E-state index in [1.807, 2.05) is 0 Å². The first-order valence-corrected chi connectivity index (χ1v) is 3.48. The van der Waals surface area contributed by atoms with Crippen LogP contribution in [0.4, 0.5) is 0 Å². The molecular formula is C6H14Fe27O6. The van der Waals surface area contributed by atoms with Crippen molar-refractivity contribution in [2.24, 2.45) is 0 Å². The molecular weight excluding hydrogens is 1680 g/mol. The zero-order chi connectivity index (χ0) is 9.72. The summed E-state index contributed by atoms with van der Waals surface area (Å²) in [6.07, 6.45) is -6.39. The summed E-state index contributed by atoms with van der Waals surface area (Å²) in [4.78, 5) is 0. The summed E-state index contributed by atoms with van der Waals surface area (Å²) < 4.78 is 0. The van der Waals surface area contributed by atoms with E-state index in [-0.39, 0.29) is 461 Å². The van der Waals surface area contributed by atoms with Crippen LogP contribution in [0.25, 0.3) is 0 Å². The average Bonchev–Trinajstić information content (AvgIpc) is 2.12. The van der Waals surface area contributed by atoms with E-state index in [2.05, 4.69) is 0 Å². The van der Waals surface area contributed by atoms with Crippen molar-refractivity contribution in [1.29, 1.82) is 0 Å². The van der Waals surface area contributed by atoms with Gasteiger partial charge in [0.1, 0.15) is 24.4 Å². The fourth-order valence-corrected chi connectivity index (χ4v) is 0.671. The maximum absolute atomic E-state index is 8.96. The zero-order valence-electron chi connectivity index (χ0n) is 16.0. The van der Waals surface area contributed by atoms with E-state index in [1.165, 1.54) is 0 Å². The van der Waals surface area contributed by atoms with Crippen LogP contribution in [0.3, 0.4) is 0 Å². The summed E-state index contributed by atoms with van der Waals surface area (Å²) in [5, 5.41) is 52.2. The molecule has 0 rings (SSSR count). The van der Waals surface area contributed by atoms with Gasteiger partial charge in [-0.2, -0.15) is 0 Å². The second kappa shape index (κ2) is 173. The molecule has 0 fully saturated rings. The van der Waals surface area contributed by atoms with Crippen LogP contribution < -0.4 is 0 Å². The first-order chi connectivity index (χ1) is 5.54. The Morgan fingerprint density at radius 3 is 0.359 bits per heavy atom. The third-order valence-electron chi connectivity index (χ3n) is 1.51. The molecule has 0 bridgehead atoms. The first-order valence-electron chi connectivity index (χ1n) is 3.48. The first kappa shape index (κ1) is 230. The molecule has 0 unspecified atom stereocenters. The predicted octanol–water partition coefficient (Wildman–Crippen LogP) is -3.65. The van der Waals surface area contributed by atoms with E-state index >= 15 is 0 Å². The van der Waals surface area contributed by atoms with E-state index in [0.717, 1.165) is 0 Å². The number of rotatable bonds is 5. The minimum Gasteiger partial charge on any atom is -0.394 e. The Morgan fingerprint density at radius 2 is 0.308 bits per heavy atom. The largest absolute Gasteiger partial charge is 0.394 e. The van der Waals surface area contributed by atoms with Gasteiger partial charge in [-0.1, -0.05) is 0 Å². The summed E-state index contributed by atoms with van der Waals surface area (Å²) in [6, 6.07) is 0. The summed E-state index contributed by atoms with van der Waals surface area (Å²) in [6.45, 7) is -1.45. The molecule has 0 aromatic rings. The number of hydrogen-bond donors (Lipinski definition) is 6. The van der Waals surface area contributed by atoms with E-state index in [1.54, 1.807) is 0 Å². The van der Waals surface area contributed by atoms with Gasteiger partial charge in [-0.05, 0) is 0 Å². The molecule has 6 N–H and O–H groups in total. The molecule has 0 aromatic heterocycles. The van der Waals surface area contributed by atoms with Gasteiger partial charge >= 0.3 is 0 Å². The quantitative estimate of drug-likeness (QED) is 0.158. The van der Waals surface area contributed by atoms with E-state index < -0.39 is 37.6 Å². The summed E-state index contributed by atoms with van der Waals surface area (Å²) in [5.41, 5.74) is 0. The van der Waals surface area contributed by atoms with Crippen LogP contribution in [-0.4, -0.2) is 68.3 Å². The third-order valence-corrected chi connectivity index (χ3v) is 1.51. The minimum absolute atomic E-state index is 0. The molecule has 6 nitrogen and oxygen atoms in total. The fourth-order valence-electron chi connectivity index (χ4n) is 0.671. The van der Waals surface area contributed by atoms with Crippen molar-refractivity contribution in [2.75, 3.05) is 13.2 Å². The summed E-state index contributed by atoms with van der Waals surface area (Å²) >= 11 is 0. The average molecular weight is 1690 g/mol. The molecule has 290 valence electrons. The van der Waals surface area contributed by atoms with Crippen LogP contribution >= 0.6 is 0 Å². The Morgan fingerprint density at radius 1 is 0.231 bits per heavy atom. The Hall–Kier alpha value is 13.8. The molecule has 4 atom stereocenters. The van der Waals surface area contributed by atoms with Gasteiger partial charge in [-0.25, -0.2) is 0 Å². The number of hydrogen-bond acceptors (Lipinski definition) is 6. The Kier molecular flexibility index (Phi) is 1020. The van der Waals surface area contributed by atoms with Crippen molar-refractivity contribution in [1.82, 2.24) is 0 Å². The van der Waals surface area contributed by atoms with Gasteiger partial charge < -0.3 is 30.6 Å². The second-order valence-electron chi connectivity index (χ2n) is 2.48. The number of aliphatic hydroxyl groups is 6. The maximum Gasteiger partial charge on any atom is 0.111 e. The van der Waals surface area contributed by atoms with Crippen LogP contribution in [0.1, 0.15) is 0 Å². The van der Waals surface area contributed by atoms with Crippen LogP contribution in [0, 0.1) is 0 Å². The van der Waals surface area contributed by atoms with Gasteiger partial charge in [0.15, 0.2) is 0 Å². The van der Waals surface area contributed by atoms with Crippen molar-refractivity contribution in [3.63, 3.8) is 0 Å². The monoisotopic (exact) mass is 1690 g/mol. The third kappa shape index (κ3) is 145. The van der Waals surface area contributed by atoms with Gasteiger partial charge in [0.2, 0.25) is 0 Å². The molecule has 0 aromatic carbocycles. The van der Waals surface area contributed by atoms with Crippen molar-refractivity contribution in [3.05, 3.63) is 0 Å². The van der Waals surface area contributed by atoms with Crippen molar-refractivity contribution >= 4 is 0 Å². The smallest absolute Gasteiger partial charge is 0.111 e. The topological polar surface area (TPSA) is 121 Å². The van der Waals surface area contributed by atoms with Gasteiger partial charge in [-0.3, -0.25) is 0 Å². The van der Waals surface area contributed by atoms with Gasteiger partial charge in [-0.15, -0.1) is 0 Å². The van der Waals surface area contributed by atoms with Gasteiger partial charge in [0.25, 0.3) is 0 Å². The summed E-state index contributed by atoms with van der Waals surface area (Å²) in [7, 11) is 0. The molecule has 0 aliphatic heterocycles. The van der Waals surface area contributed by atoms with Crippen molar-refractivity contribution < 1.29 is 491 Å². The van der Waals surface area contributed by atoms with Crippen LogP contribution in [0.2, 0.25) is 0 Å². The van der Waals surface area contributed by atoms with Crippen LogP contribution in [-0.2, 0) is 461 Å². The molecule has 33 heteroatoms. The molecule has 0 aliphatic carbocycles. The van der Waals surface area contributed by atoms with Gasteiger partial charge in [0.05, 0.1) is 13.2 Å². The standard InChI is InChI=1S/C6H14O6.27Fe/c7-1-3(9)5(11)6(12)4(10)2-8;;;;;;;;;;;;;;;;;;;;;;;;;;;/h3-12H,1-2H2;;;;;;;;;;;;;;;;;;;;;;;;;;;/t3-,4+,5-,6-;;;;;;;;;;;;;;;;;;;;;;;;;;;/m1.........................../s1. The zero-order valence-corrected chi connectivity index (χ0v) is 45.8. The van der Waals surface area contributed by atoms with Crippen molar-refractivity contribution in [2.45, 2.75) is 24.4 Å². The molecule has 0 aliphatic rings. The molecule has 0 spiro atoms. The Bertz CT molecular complexity index is 139. The van der Waals surface area contributed by atoms with Crippen molar-refractivity contribution in [3.8, 4) is 0 Å². The normalized spacial score (nSPS) is 6.62. The molecule has 0 heterocycles. The fraction of sp³-hybridized carbons (Fsp3) is 1.00. The molecule has 39 heavy (non-hydrogen) atoms. The number of aliphatic hydroxyl groups excluding tert-OH is 6. The Balaban J connectivity index is -0.00000000172. The maximum atomic E-state index is 8.96. The molecule has 0 saturated heterocycles. The molecule has 0 saturated carbocycles. The van der Waals surface area contributed by atoms with E-state index in [0.29, 0.717) is 0 Å². The Labute approximate surface area is 517 Å². The van der Waals surface area contributed by atoms with Crippen LogP contribution in [0.15, 0.2) is 0 Å². The second-order valence-corrected chi connectivity index (χ2v) is 2.48. The SMILES string of the molecule is OC[C@@H](O)[C@@H](O)[C@H](O)[C@@H](O)CO.[Fe].[Fe].[Fe].[Fe].[Fe].[Fe].[Fe].[Fe].[Fe].[Fe].[Fe].[Fe].[Fe].[Fe].[Fe].[Fe].[Fe].[Fe].[Fe].[Fe].[Fe].[Fe].[Fe].[Fe].[Fe].[Fe].[Fe]. The molecule has 0 radical (unpaired) electrons. The van der Waals surface area contributed by atoms with Gasteiger partial charge in [0, 0.05) is 461 Å². The minimum atomic E-state index is -1.67. The van der Waals surface area contributed by atoms with E-state index in [9.17, 15) is 0 Å².